The summed E-state index contributed by atoms with van der Waals surface area (Å²) < 4.78 is 5.83. The maximum absolute atomic E-state index is 13.4. The minimum atomic E-state index is -2.64. The summed E-state index contributed by atoms with van der Waals surface area (Å²) in [7, 11) is 0. The van der Waals surface area contributed by atoms with Gasteiger partial charge in [0.15, 0.2) is 17.6 Å². The first-order chi connectivity index (χ1) is 17.9. The first-order valence-corrected chi connectivity index (χ1v) is 12.4. The summed E-state index contributed by atoms with van der Waals surface area (Å²) in [5, 5.41) is 28.8. The van der Waals surface area contributed by atoms with Crippen LogP contribution in [-0.2, 0) is 15.0 Å². The Kier molecular flexibility index (Phi) is 5.01. The molecular formula is C24H30N8O6. The number of nitrogens with one attached hydrogen (secondary N) is 2. The van der Waals surface area contributed by atoms with E-state index >= 15 is 0 Å². The third-order valence-electron chi connectivity index (χ3n) is 8.20. The minimum absolute atomic E-state index is 0.0716. The quantitative estimate of drug-likeness (QED) is 0.176. The number of ether oxygens (including phenoxy) is 1. The lowest BCUT2D eigenvalue weighted by Crippen LogP contribution is -2.78. The Morgan fingerprint density at radius 2 is 1.92 bits per heavy atom. The number of aliphatic hydroxyl groups is 2. The number of rotatable bonds is 4. The molecule has 0 aliphatic carbocycles. The summed E-state index contributed by atoms with van der Waals surface area (Å²) in [6.45, 7) is 4.16. The van der Waals surface area contributed by atoms with E-state index in [1.165, 1.54) is 4.90 Å². The number of nitrogens with zero attached hydrogens (tertiary/aromatic N) is 4. The van der Waals surface area contributed by atoms with Crippen molar-refractivity contribution in [3.63, 3.8) is 0 Å². The molecule has 0 radical (unpaired) electrons. The zero-order valence-corrected chi connectivity index (χ0v) is 21.0. The fourth-order valence-corrected chi connectivity index (χ4v) is 6.22. The second-order valence-electron chi connectivity index (χ2n) is 11.0. The van der Waals surface area contributed by atoms with Gasteiger partial charge in [0.05, 0.1) is 24.8 Å². The fraction of sp³-hybridized carbons (Fsp3) is 0.542. The summed E-state index contributed by atoms with van der Waals surface area (Å²) >= 11 is 0. The number of hydrogen-bond donors (Lipinski definition) is 6. The fourth-order valence-electron chi connectivity index (χ4n) is 6.22. The topological polar surface area (TPSA) is 208 Å². The van der Waals surface area contributed by atoms with Crippen LogP contribution < -0.4 is 26.8 Å². The van der Waals surface area contributed by atoms with Crippen molar-refractivity contribution in [3.05, 3.63) is 29.3 Å². The summed E-state index contributed by atoms with van der Waals surface area (Å²) in [5.41, 5.74) is 11.4. The number of fused-ring (bicyclic) bond motifs is 1. The van der Waals surface area contributed by atoms with E-state index in [9.17, 15) is 24.6 Å². The van der Waals surface area contributed by atoms with Crippen molar-refractivity contribution >= 4 is 29.6 Å². The molecule has 1 spiro atoms. The van der Waals surface area contributed by atoms with E-state index in [0.717, 1.165) is 10.5 Å². The van der Waals surface area contributed by atoms with Gasteiger partial charge in [0.25, 0.3) is 5.91 Å². The largest absolute Gasteiger partial charge is 0.492 e. The molecule has 4 atom stereocenters. The lowest BCUT2D eigenvalue weighted by Gasteiger charge is -2.49. The first-order valence-electron chi connectivity index (χ1n) is 12.4. The van der Waals surface area contributed by atoms with E-state index in [4.69, 9.17) is 16.2 Å². The van der Waals surface area contributed by atoms with Gasteiger partial charge in [-0.25, -0.2) is 9.98 Å². The molecule has 2 fully saturated rings. The van der Waals surface area contributed by atoms with Crippen LogP contribution in [0.15, 0.2) is 28.2 Å². The van der Waals surface area contributed by atoms with Crippen LogP contribution in [0.25, 0.3) is 0 Å². The Bertz CT molecular complexity index is 1310. The van der Waals surface area contributed by atoms with Crippen molar-refractivity contribution in [3.8, 4) is 5.75 Å². The highest BCUT2D eigenvalue weighted by Gasteiger charge is 2.73. The molecule has 3 amide bonds. The molecule has 38 heavy (non-hydrogen) atoms. The van der Waals surface area contributed by atoms with Gasteiger partial charge in [0, 0.05) is 30.4 Å². The molecule has 5 aliphatic heterocycles. The molecule has 0 saturated carbocycles. The van der Waals surface area contributed by atoms with Crippen molar-refractivity contribution in [2.24, 2.45) is 21.5 Å². The zero-order valence-electron chi connectivity index (χ0n) is 21.0. The standard InChI is InChI=1S/C24H30N8O6/c1-22(2)10-38-17-11(4-3-5-12(17)22)19(35)28-14-9-32-21(26)27-13(8-31-15(33)6-7-16(31)34)18-23(32,24(14,36)37)30-20(25)29-18/h3-5,13-14,18,36-37H,6-10H2,1-2H3,(H2,26,27)(H,28,35)(H3,25,29,30)/t13?,14-,18?,23?/m0/s1. The van der Waals surface area contributed by atoms with Gasteiger partial charge in [0.2, 0.25) is 17.6 Å². The molecule has 6 rings (SSSR count). The van der Waals surface area contributed by atoms with Gasteiger partial charge in [-0.2, -0.15) is 0 Å². The Labute approximate surface area is 217 Å². The average Bonchev–Trinajstić information content (AvgIpc) is 3.54. The summed E-state index contributed by atoms with van der Waals surface area (Å²) in [5.74, 6) is -3.61. The molecule has 14 heteroatoms. The number of nitrogens with two attached hydrogens (primary N) is 2. The Morgan fingerprint density at radius 3 is 2.63 bits per heavy atom. The molecule has 1 aromatic carbocycles. The second kappa shape index (κ2) is 7.80. The van der Waals surface area contributed by atoms with Gasteiger partial charge < -0.3 is 42.0 Å². The number of benzene rings is 1. The number of carbonyl (C=O) groups excluding carboxylic acids is 3. The number of imide groups is 1. The summed E-state index contributed by atoms with van der Waals surface area (Å²) in [6.07, 6.45) is 0.191. The third-order valence-corrected chi connectivity index (χ3v) is 8.20. The molecule has 3 unspecified atom stereocenters. The SMILES string of the molecule is CC1(C)COc2c(C(=O)N[C@H]3CN4C(N)=NC(CN5C(=O)CCC5=O)C5N=C(N)NC54C3(O)O)cccc21. The average molecular weight is 527 g/mol. The van der Waals surface area contributed by atoms with Crippen LogP contribution >= 0.6 is 0 Å². The number of guanidine groups is 2. The van der Waals surface area contributed by atoms with Crippen LogP contribution in [0.1, 0.15) is 42.6 Å². The molecule has 1 aromatic rings. The molecular weight excluding hydrogens is 496 g/mol. The number of hydrogen-bond acceptors (Lipinski definition) is 12. The van der Waals surface area contributed by atoms with E-state index in [1.807, 2.05) is 19.9 Å². The zero-order chi connectivity index (χ0) is 27.2. The predicted octanol–water partition coefficient (Wildman–Crippen LogP) is -2.72. The Hall–Kier alpha value is -3.91. The smallest absolute Gasteiger partial charge is 0.255 e. The van der Waals surface area contributed by atoms with Gasteiger partial charge in [-0.15, -0.1) is 0 Å². The van der Waals surface area contributed by atoms with E-state index in [0.29, 0.717) is 12.4 Å². The lowest BCUT2D eigenvalue weighted by molar-refractivity contribution is -0.230. The summed E-state index contributed by atoms with van der Waals surface area (Å²) in [4.78, 5) is 49.2. The molecule has 202 valence electrons. The Balaban J connectivity index is 1.31. The van der Waals surface area contributed by atoms with Crippen LogP contribution in [0, 0.1) is 0 Å². The number of aliphatic imine (C=N–C) groups is 2. The van der Waals surface area contributed by atoms with Crippen molar-refractivity contribution in [2.75, 3.05) is 19.7 Å². The van der Waals surface area contributed by atoms with Crippen molar-refractivity contribution in [1.82, 2.24) is 20.4 Å². The minimum Gasteiger partial charge on any atom is -0.492 e. The van der Waals surface area contributed by atoms with Crippen LogP contribution in [0.4, 0.5) is 0 Å². The number of carbonyl (C=O) groups is 3. The highest BCUT2D eigenvalue weighted by molar-refractivity contribution is 6.02. The lowest BCUT2D eigenvalue weighted by atomic mass is 9.84. The summed E-state index contributed by atoms with van der Waals surface area (Å²) in [6, 6.07) is 2.09. The van der Waals surface area contributed by atoms with E-state index in [-0.39, 0.29) is 60.6 Å². The van der Waals surface area contributed by atoms with E-state index in [2.05, 4.69) is 20.6 Å². The monoisotopic (exact) mass is 526 g/mol. The van der Waals surface area contributed by atoms with Gasteiger partial charge in [-0.05, 0) is 6.07 Å². The molecule has 0 aromatic heterocycles. The van der Waals surface area contributed by atoms with Crippen LogP contribution in [0.5, 0.6) is 5.75 Å². The van der Waals surface area contributed by atoms with Gasteiger partial charge >= 0.3 is 0 Å². The highest BCUT2D eigenvalue weighted by atomic mass is 16.5. The van der Waals surface area contributed by atoms with Crippen molar-refractivity contribution < 1.29 is 29.3 Å². The van der Waals surface area contributed by atoms with Gasteiger partial charge in [-0.3, -0.25) is 19.3 Å². The first kappa shape index (κ1) is 24.4. The van der Waals surface area contributed by atoms with E-state index < -0.39 is 35.5 Å². The molecule has 0 bridgehead atoms. The number of para-hydroxylation sites is 1. The highest BCUT2D eigenvalue weighted by Crippen LogP contribution is 2.45. The molecule has 5 aliphatic rings. The number of amides is 3. The van der Waals surface area contributed by atoms with E-state index in [1.54, 1.807) is 12.1 Å². The molecule has 8 N–H and O–H groups in total. The van der Waals surface area contributed by atoms with Crippen molar-refractivity contribution in [2.45, 2.75) is 61.7 Å². The Morgan fingerprint density at radius 1 is 1.21 bits per heavy atom. The predicted molar refractivity (Wildman–Crippen MR) is 133 cm³/mol. The maximum Gasteiger partial charge on any atom is 0.255 e. The third kappa shape index (κ3) is 3.16. The second-order valence-corrected chi connectivity index (χ2v) is 11.0. The number of likely N-dealkylation sites (tertiary alicyclic amines) is 1. The van der Waals surface area contributed by atoms with Crippen LogP contribution in [-0.4, -0.2) is 98.9 Å². The molecule has 14 nitrogen and oxygen atoms in total. The van der Waals surface area contributed by atoms with Crippen molar-refractivity contribution in [1.29, 1.82) is 0 Å². The van der Waals surface area contributed by atoms with Gasteiger partial charge in [-0.1, -0.05) is 26.0 Å². The van der Waals surface area contributed by atoms with Crippen LogP contribution in [0.3, 0.4) is 0 Å². The van der Waals surface area contributed by atoms with Gasteiger partial charge in [0.1, 0.15) is 17.8 Å². The molecule has 5 heterocycles. The normalized spacial score (nSPS) is 32.2. The maximum atomic E-state index is 13.4. The van der Waals surface area contributed by atoms with Crippen LogP contribution in [0.2, 0.25) is 0 Å². The molecule has 2 saturated heterocycles.